The van der Waals surface area contributed by atoms with Crippen LogP contribution in [0.1, 0.15) is 30.0 Å². The molecule has 0 aliphatic carbocycles. The van der Waals surface area contributed by atoms with E-state index in [4.69, 9.17) is 10.2 Å². The van der Waals surface area contributed by atoms with Crippen LogP contribution in [0.3, 0.4) is 0 Å². The lowest BCUT2D eigenvalue weighted by atomic mass is 9.85. The second kappa shape index (κ2) is 5.89. The van der Waals surface area contributed by atoms with Gasteiger partial charge in [-0.1, -0.05) is 24.3 Å². The van der Waals surface area contributed by atoms with Gasteiger partial charge in [-0.15, -0.1) is 0 Å². The SMILES string of the molecule is CCN1C(N)=C(C#N)[C@H](c2ccc3[nH]c4ccccc4c3c2)c2nc(C)oc21. The molecular formula is C22H19N5O. The second-order valence-corrected chi connectivity index (χ2v) is 6.99. The van der Waals surface area contributed by atoms with E-state index in [-0.39, 0.29) is 5.92 Å². The number of aryl methyl sites for hydroxylation is 1. The molecule has 3 heterocycles. The molecule has 1 aliphatic heterocycles. The standard InChI is InChI=1S/C22H19N5O/c1-3-27-21(24)16(11-23)19(20-22(27)28-12(2)25-20)13-8-9-18-15(10-13)14-6-4-5-7-17(14)26-18/h4-10,19,26H,3,24H2,1-2H3/t19-/m0/s1. The first-order valence-electron chi connectivity index (χ1n) is 9.27. The van der Waals surface area contributed by atoms with E-state index in [1.807, 2.05) is 36.9 Å². The number of para-hydroxylation sites is 1. The number of benzene rings is 2. The van der Waals surface area contributed by atoms with Crippen molar-refractivity contribution in [2.75, 3.05) is 11.4 Å². The summed E-state index contributed by atoms with van der Waals surface area (Å²) < 4.78 is 5.85. The molecule has 1 aliphatic rings. The van der Waals surface area contributed by atoms with Gasteiger partial charge in [0.1, 0.15) is 11.5 Å². The van der Waals surface area contributed by atoms with Crippen LogP contribution in [-0.4, -0.2) is 16.5 Å². The number of aromatic nitrogens is 2. The van der Waals surface area contributed by atoms with Crippen LogP contribution in [0, 0.1) is 18.3 Å². The average molecular weight is 369 g/mol. The van der Waals surface area contributed by atoms with Crippen LogP contribution in [-0.2, 0) is 0 Å². The third kappa shape index (κ3) is 2.16. The predicted octanol–water partition coefficient (Wildman–Crippen LogP) is 4.28. The highest BCUT2D eigenvalue weighted by Crippen LogP contribution is 2.44. The lowest BCUT2D eigenvalue weighted by molar-refractivity contribution is 0.513. The van der Waals surface area contributed by atoms with E-state index in [9.17, 15) is 5.26 Å². The fourth-order valence-electron chi connectivity index (χ4n) is 4.16. The van der Waals surface area contributed by atoms with E-state index in [0.717, 1.165) is 33.1 Å². The predicted molar refractivity (Wildman–Crippen MR) is 109 cm³/mol. The van der Waals surface area contributed by atoms with Gasteiger partial charge in [0.25, 0.3) is 0 Å². The number of H-pyrrole nitrogens is 1. The number of nitrogens with zero attached hydrogens (tertiary/aromatic N) is 3. The van der Waals surface area contributed by atoms with Crippen LogP contribution in [0.2, 0.25) is 0 Å². The summed E-state index contributed by atoms with van der Waals surface area (Å²) >= 11 is 0. The first kappa shape index (κ1) is 16.5. The molecule has 0 radical (unpaired) electrons. The minimum absolute atomic E-state index is 0.349. The maximum atomic E-state index is 9.90. The highest BCUT2D eigenvalue weighted by molar-refractivity contribution is 6.07. The van der Waals surface area contributed by atoms with Crippen molar-refractivity contribution in [2.45, 2.75) is 19.8 Å². The van der Waals surface area contributed by atoms with Gasteiger partial charge in [0.15, 0.2) is 5.89 Å². The van der Waals surface area contributed by atoms with Gasteiger partial charge in [0.05, 0.1) is 17.6 Å². The van der Waals surface area contributed by atoms with Gasteiger partial charge in [0.2, 0.25) is 5.88 Å². The third-order valence-corrected chi connectivity index (χ3v) is 5.42. The smallest absolute Gasteiger partial charge is 0.226 e. The zero-order valence-electron chi connectivity index (χ0n) is 15.7. The third-order valence-electron chi connectivity index (χ3n) is 5.42. The van der Waals surface area contributed by atoms with E-state index >= 15 is 0 Å². The molecule has 4 aromatic rings. The van der Waals surface area contributed by atoms with E-state index in [2.05, 4.69) is 40.3 Å². The first-order chi connectivity index (χ1) is 13.6. The van der Waals surface area contributed by atoms with Crippen LogP contribution in [0.15, 0.2) is 58.3 Å². The monoisotopic (exact) mass is 369 g/mol. The summed E-state index contributed by atoms with van der Waals surface area (Å²) in [6, 6.07) is 16.7. The number of allylic oxidation sites excluding steroid dienone is 1. The minimum atomic E-state index is -0.349. The van der Waals surface area contributed by atoms with Crippen LogP contribution < -0.4 is 10.6 Å². The topological polar surface area (TPSA) is 94.9 Å². The van der Waals surface area contributed by atoms with Crippen LogP contribution >= 0.6 is 0 Å². The fraction of sp³-hybridized carbons (Fsp3) is 0.182. The van der Waals surface area contributed by atoms with Crippen molar-refractivity contribution in [3.05, 3.63) is 71.0 Å². The lowest BCUT2D eigenvalue weighted by Gasteiger charge is -2.30. The Balaban J connectivity index is 1.78. The molecule has 0 saturated carbocycles. The molecule has 28 heavy (non-hydrogen) atoms. The number of nitrogens with two attached hydrogens (primary N) is 1. The number of aromatic amines is 1. The van der Waals surface area contributed by atoms with Crippen molar-refractivity contribution in [1.82, 2.24) is 9.97 Å². The molecule has 0 unspecified atom stereocenters. The summed E-state index contributed by atoms with van der Waals surface area (Å²) in [6.45, 7) is 4.39. The zero-order chi connectivity index (χ0) is 19.4. The molecule has 138 valence electrons. The van der Waals surface area contributed by atoms with E-state index in [1.54, 1.807) is 0 Å². The van der Waals surface area contributed by atoms with Crippen molar-refractivity contribution >= 4 is 27.7 Å². The average Bonchev–Trinajstić information content (AvgIpc) is 3.26. The Morgan fingerprint density at radius 3 is 2.79 bits per heavy atom. The number of anilines is 1. The van der Waals surface area contributed by atoms with Gasteiger partial charge >= 0.3 is 0 Å². The molecule has 6 heteroatoms. The van der Waals surface area contributed by atoms with Crippen molar-refractivity contribution in [1.29, 1.82) is 5.26 Å². The summed E-state index contributed by atoms with van der Waals surface area (Å²) in [7, 11) is 0. The van der Waals surface area contributed by atoms with Crippen molar-refractivity contribution in [3.8, 4) is 6.07 Å². The Hall–Kier alpha value is -3.72. The van der Waals surface area contributed by atoms with E-state index in [1.165, 1.54) is 0 Å². The van der Waals surface area contributed by atoms with Crippen LogP contribution in [0.5, 0.6) is 0 Å². The number of fused-ring (bicyclic) bond motifs is 4. The van der Waals surface area contributed by atoms with Gasteiger partial charge in [-0.3, -0.25) is 4.90 Å². The number of hydrogen-bond donors (Lipinski definition) is 2. The highest BCUT2D eigenvalue weighted by Gasteiger charge is 2.37. The summed E-state index contributed by atoms with van der Waals surface area (Å²) in [4.78, 5) is 9.86. The van der Waals surface area contributed by atoms with Gasteiger partial charge in [-0.25, -0.2) is 4.98 Å². The van der Waals surface area contributed by atoms with Gasteiger partial charge in [0, 0.05) is 35.3 Å². The summed E-state index contributed by atoms with van der Waals surface area (Å²) in [5, 5.41) is 12.2. The van der Waals surface area contributed by atoms with Gasteiger partial charge in [-0.2, -0.15) is 5.26 Å². The maximum absolute atomic E-state index is 9.90. The van der Waals surface area contributed by atoms with Crippen LogP contribution in [0.4, 0.5) is 5.88 Å². The maximum Gasteiger partial charge on any atom is 0.226 e. The molecule has 0 fully saturated rings. The Kier molecular flexibility index (Phi) is 3.46. The number of nitrogens with one attached hydrogen (secondary N) is 1. The fourth-order valence-corrected chi connectivity index (χ4v) is 4.16. The highest BCUT2D eigenvalue weighted by atomic mass is 16.4. The zero-order valence-corrected chi connectivity index (χ0v) is 15.7. The van der Waals surface area contributed by atoms with Gasteiger partial charge in [-0.05, 0) is 30.7 Å². The summed E-state index contributed by atoms with van der Waals surface area (Å²) in [5.74, 6) is 1.27. The quantitative estimate of drug-likeness (QED) is 0.550. The molecule has 1 atom stereocenters. The molecule has 6 nitrogen and oxygen atoms in total. The van der Waals surface area contributed by atoms with Gasteiger partial charge < -0.3 is 15.1 Å². The van der Waals surface area contributed by atoms with E-state index < -0.39 is 0 Å². The Labute approximate surface area is 161 Å². The molecule has 0 amide bonds. The largest absolute Gasteiger partial charge is 0.425 e. The molecule has 0 bridgehead atoms. The van der Waals surface area contributed by atoms with E-state index in [0.29, 0.717) is 29.7 Å². The normalized spacial score (nSPS) is 16.6. The number of nitriles is 1. The second-order valence-electron chi connectivity index (χ2n) is 6.99. The van der Waals surface area contributed by atoms with Crippen LogP contribution in [0.25, 0.3) is 21.8 Å². The Bertz CT molecular complexity index is 1300. The Morgan fingerprint density at radius 2 is 2.00 bits per heavy atom. The molecule has 2 aromatic carbocycles. The molecule has 5 rings (SSSR count). The first-order valence-corrected chi connectivity index (χ1v) is 9.27. The summed E-state index contributed by atoms with van der Waals surface area (Å²) in [5.41, 5.74) is 10.7. The van der Waals surface area contributed by atoms with Crippen molar-refractivity contribution in [3.63, 3.8) is 0 Å². The molecule has 0 saturated heterocycles. The molecule has 0 spiro atoms. The van der Waals surface area contributed by atoms with Crippen molar-refractivity contribution in [2.24, 2.45) is 5.73 Å². The molecule has 3 N–H and O–H groups in total. The Morgan fingerprint density at radius 1 is 1.21 bits per heavy atom. The summed E-state index contributed by atoms with van der Waals surface area (Å²) in [6.07, 6.45) is 0. The van der Waals surface area contributed by atoms with Crippen molar-refractivity contribution < 1.29 is 4.42 Å². The number of oxazole rings is 1. The molecule has 2 aromatic heterocycles. The number of hydrogen-bond acceptors (Lipinski definition) is 5. The lowest BCUT2D eigenvalue weighted by Crippen LogP contribution is -2.34. The molecular weight excluding hydrogens is 350 g/mol. The minimum Gasteiger partial charge on any atom is -0.425 e. The number of rotatable bonds is 2.